The highest BCUT2D eigenvalue weighted by atomic mass is 19.1. The predicted octanol–water partition coefficient (Wildman–Crippen LogP) is 2.41. The van der Waals surface area contributed by atoms with Crippen LogP contribution in [0.25, 0.3) is 11.3 Å². The van der Waals surface area contributed by atoms with Gasteiger partial charge in [-0.05, 0) is 17.7 Å². The summed E-state index contributed by atoms with van der Waals surface area (Å²) in [4.78, 5) is 28.4. The molecule has 1 aromatic heterocycles. The van der Waals surface area contributed by atoms with Crippen LogP contribution >= 0.6 is 0 Å². The van der Waals surface area contributed by atoms with E-state index in [1.165, 1.54) is 29.1 Å². The quantitative estimate of drug-likeness (QED) is 0.742. The maximum Gasteiger partial charge on any atom is 0.253 e. The van der Waals surface area contributed by atoms with E-state index in [0.717, 1.165) is 11.1 Å². The molecule has 6 heteroatoms. The normalized spacial score (nSPS) is 10.5. The van der Waals surface area contributed by atoms with Crippen LogP contribution < -0.4 is 10.9 Å². The van der Waals surface area contributed by atoms with Gasteiger partial charge in [0, 0.05) is 24.7 Å². The van der Waals surface area contributed by atoms with E-state index in [1.54, 1.807) is 12.1 Å². The summed E-state index contributed by atoms with van der Waals surface area (Å²) >= 11 is 0. The second kappa shape index (κ2) is 8.20. The SMILES string of the molecule is O=C(Cc1ccc(F)cc1)NCCn1cnc(-c2ccccc2)cc1=O. The average Bonchev–Trinajstić information content (AvgIpc) is 2.65. The number of nitrogens with one attached hydrogen (secondary N) is 1. The monoisotopic (exact) mass is 351 g/mol. The zero-order valence-electron chi connectivity index (χ0n) is 14.1. The molecule has 0 fully saturated rings. The molecule has 1 heterocycles. The van der Waals surface area contributed by atoms with Gasteiger partial charge in [-0.1, -0.05) is 42.5 Å². The topological polar surface area (TPSA) is 64.0 Å². The fourth-order valence-corrected chi connectivity index (χ4v) is 2.53. The fourth-order valence-electron chi connectivity index (χ4n) is 2.53. The first-order chi connectivity index (χ1) is 12.6. The molecule has 26 heavy (non-hydrogen) atoms. The molecular formula is C20H18FN3O2. The van der Waals surface area contributed by atoms with E-state index in [0.29, 0.717) is 18.8 Å². The van der Waals surface area contributed by atoms with Gasteiger partial charge in [0.2, 0.25) is 5.91 Å². The van der Waals surface area contributed by atoms with Gasteiger partial charge in [-0.25, -0.2) is 9.37 Å². The minimum absolute atomic E-state index is 0.167. The Labute approximate surface area is 150 Å². The summed E-state index contributed by atoms with van der Waals surface area (Å²) in [5, 5.41) is 2.75. The number of benzene rings is 2. The van der Waals surface area contributed by atoms with Crippen molar-refractivity contribution in [2.45, 2.75) is 13.0 Å². The molecule has 0 aliphatic rings. The summed E-state index contributed by atoms with van der Waals surface area (Å²) in [6.45, 7) is 0.641. The molecule has 0 aliphatic heterocycles. The van der Waals surface area contributed by atoms with Crippen molar-refractivity contribution >= 4 is 5.91 Å². The molecule has 0 saturated carbocycles. The molecular weight excluding hydrogens is 333 g/mol. The van der Waals surface area contributed by atoms with E-state index in [4.69, 9.17) is 0 Å². The largest absolute Gasteiger partial charge is 0.354 e. The molecule has 132 valence electrons. The zero-order valence-corrected chi connectivity index (χ0v) is 14.1. The van der Waals surface area contributed by atoms with Gasteiger partial charge >= 0.3 is 0 Å². The van der Waals surface area contributed by atoms with E-state index in [9.17, 15) is 14.0 Å². The molecule has 0 saturated heterocycles. The Morgan fingerprint density at radius 2 is 1.81 bits per heavy atom. The Balaban J connectivity index is 1.54. The second-order valence-electron chi connectivity index (χ2n) is 5.83. The number of nitrogens with zero attached hydrogens (tertiary/aromatic N) is 2. The van der Waals surface area contributed by atoms with Gasteiger partial charge in [-0.3, -0.25) is 14.2 Å². The third-order valence-electron chi connectivity index (χ3n) is 3.90. The van der Waals surface area contributed by atoms with E-state index >= 15 is 0 Å². The van der Waals surface area contributed by atoms with Gasteiger partial charge in [0.1, 0.15) is 5.82 Å². The number of carbonyl (C=O) groups excluding carboxylic acids is 1. The van der Waals surface area contributed by atoms with Crippen LogP contribution in [0.3, 0.4) is 0 Å². The Morgan fingerprint density at radius 3 is 2.50 bits per heavy atom. The third kappa shape index (κ3) is 4.63. The van der Waals surface area contributed by atoms with Gasteiger partial charge in [-0.15, -0.1) is 0 Å². The van der Waals surface area contributed by atoms with Crippen LogP contribution in [0, 0.1) is 5.82 Å². The maximum absolute atomic E-state index is 12.9. The molecule has 0 bridgehead atoms. The summed E-state index contributed by atoms with van der Waals surface area (Å²) in [7, 11) is 0. The van der Waals surface area contributed by atoms with Crippen molar-refractivity contribution in [1.82, 2.24) is 14.9 Å². The highest BCUT2D eigenvalue weighted by Crippen LogP contribution is 2.13. The van der Waals surface area contributed by atoms with Crippen molar-refractivity contribution in [3.05, 3.63) is 88.7 Å². The second-order valence-corrected chi connectivity index (χ2v) is 5.83. The minimum atomic E-state index is -0.333. The molecule has 5 nitrogen and oxygen atoms in total. The molecule has 0 unspecified atom stereocenters. The van der Waals surface area contributed by atoms with Crippen molar-refractivity contribution in [2.75, 3.05) is 6.54 Å². The van der Waals surface area contributed by atoms with Crippen LogP contribution in [0.4, 0.5) is 4.39 Å². The zero-order chi connectivity index (χ0) is 18.4. The van der Waals surface area contributed by atoms with Crippen LogP contribution in [0.2, 0.25) is 0 Å². The van der Waals surface area contributed by atoms with E-state index in [2.05, 4.69) is 10.3 Å². The van der Waals surface area contributed by atoms with Crippen LogP contribution in [0.15, 0.2) is 71.8 Å². The molecule has 3 aromatic rings. The van der Waals surface area contributed by atoms with Gasteiger partial charge in [0.05, 0.1) is 18.4 Å². The first-order valence-corrected chi connectivity index (χ1v) is 8.25. The number of amides is 1. The number of carbonyl (C=O) groups is 1. The Kier molecular flexibility index (Phi) is 5.53. The highest BCUT2D eigenvalue weighted by Gasteiger charge is 2.05. The van der Waals surface area contributed by atoms with E-state index < -0.39 is 0 Å². The van der Waals surface area contributed by atoms with Crippen molar-refractivity contribution in [3.63, 3.8) is 0 Å². The molecule has 0 radical (unpaired) electrons. The number of halogens is 1. The summed E-state index contributed by atoms with van der Waals surface area (Å²) in [6.07, 6.45) is 1.65. The van der Waals surface area contributed by atoms with Crippen molar-refractivity contribution < 1.29 is 9.18 Å². The molecule has 1 N–H and O–H groups in total. The van der Waals surface area contributed by atoms with Crippen molar-refractivity contribution in [3.8, 4) is 11.3 Å². The Morgan fingerprint density at radius 1 is 1.08 bits per heavy atom. The maximum atomic E-state index is 12.9. The molecule has 0 aliphatic carbocycles. The standard InChI is InChI=1S/C20H18FN3O2/c21-17-8-6-15(7-9-17)12-19(25)22-10-11-24-14-23-18(13-20(24)26)16-4-2-1-3-5-16/h1-9,13-14H,10-12H2,(H,22,25). The number of rotatable bonds is 6. The summed E-state index contributed by atoms with van der Waals surface area (Å²) < 4.78 is 14.3. The lowest BCUT2D eigenvalue weighted by Gasteiger charge is -2.08. The smallest absolute Gasteiger partial charge is 0.253 e. The Hall–Kier alpha value is -3.28. The number of aromatic nitrogens is 2. The number of hydrogen-bond donors (Lipinski definition) is 1. The fraction of sp³-hybridized carbons (Fsp3) is 0.150. The van der Waals surface area contributed by atoms with Crippen molar-refractivity contribution in [1.29, 1.82) is 0 Å². The lowest BCUT2D eigenvalue weighted by molar-refractivity contribution is -0.120. The van der Waals surface area contributed by atoms with Crippen LogP contribution in [-0.4, -0.2) is 22.0 Å². The van der Waals surface area contributed by atoms with Gasteiger partial charge < -0.3 is 5.32 Å². The van der Waals surface area contributed by atoms with Crippen LogP contribution in [-0.2, 0) is 17.8 Å². The predicted molar refractivity (Wildman–Crippen MR) is 97.0 cm³/mol. The lowest BCUT2D eigenvalue weighted by atomic mass is 10.1. The Bertz CT molecular complexity index is 937. The molecule has 0 atom stereocenters. The van der Waals surface area contributed by atoms with Gasteiger partial charge in [-0.2, -0.15) is 0 Å². The lowest BCUT2D eigenvalue weighted by Crippen LogP contribution is -2.31. The molecule has 0 spiro atoms. The number of hydrogen-bond acceptors (Lipinski definition) is 3. The minimum Gasteiger partial charge on any atom is -0.354 e. The van der Waals surface area contributed by atoms with E-state index in [1.807, 2.05) is 30.3 Å². The van der Waals surface area contributed by atoms with Gasteiger partial charge in [0.15, 0.2) is 0 Å². The van der Waals surface area contributed by atoms with Crippen LogP contribution in [0.5, 0.6) is 0 Å². The van der Waals surface area contributed by atoms with Crippen LogP contribution in [0.1, 0.15) is 5.56 Å². The summed E-state index contributed by atoms with van der Waals surface area (Å²) in [6, 6.07) is 16.7. The average molecular weight is 351 g/mol. The first kappa shape index (κ1) is 17.5. The molecule has 2 aromatic carbocycles. The molecule has 1 amide bonds. The van der Waals surface area contributed by atoms with Crippen molar-refractivity contribution in [2.24, 2.45) is 0 Å². The van der Waals surface area contributed by atoms with Gasteiger partial charge in [0.25, 0.3) is 5.56 Å². The third-order valence-corrected chi connectivity index (χ3v) is 3.90. The van der Waals surface area contributed by atoms with E-state index in [-0.39, 0.29) is 23.7 Å². The summed E-state index contributed by atoms with van der Waals surface area (Å²) in [5.74, 6) is -0.515. The highest BCUT2D eigenvalue weighted by molar-refractivity contribution is 5.78. The summed E-state index contributed by atoms with van der Waals surface area (Å²) in [5.41, 5.74) is 2.05. The molecule has 3 rings (SSSR count). The first-order valence-electron chi connectivity index (χ1n) is 8.25.